The van der Waals surface area contributed by atoms with Gasteiger partial charge in [0.15, 0.2) is 9.84 Å². The van der Waals surface area contributed by atoms with Gasteiger partial charge in [-0.3, -0.25) is 4.90 Å². The van der Waals surface area contributed by atoms with Gasteiger partial charge >= 0.3 is 0 Å². The van der Waals surface area contributed by atoms with Gasteiger partial charge in [0, 0.05) is 19.1 Å². The molecule has 0 spiro atoms. The molecule has 0 radical (unpaired) electrons. The quantitative estimate of drug-likeness (QED) is 0.822. The number of hydrogen-bond acceptors (Lipinski definition) is 4. The maximum Gasteiger partial charge on any atom is 0.156 e. The Bertz CT molecular complexity index is 340. The van der Waals surface area contributed by atoms with E-state index in [0.717, 1.165) is 19.6 Å². The van der Waals surface area contributed by atoms with Gasteiger partial charge in [0.25, 0.3) is 0 Å². The molecule has 1 N–H and O–H groups in total. The predicted molar refractivity (Wildman–Crippen MR) is 76.7 cm³/mol. The standard InChI is InChI=1S/C13H28N2O2S/c1-5-15(12-7-6-8-14-11-12)9-10-18(16,17)13(2,3)4/h12,14H,5-11H2,1-4H3. The average Bonchev–Trinajstić information content (AvgIpc) is 2.29. The smallest absolute Gasteiger partial charge is 0.156 e. The zero-order valence-corrected chi connectivity index (χ0v) is 13.0. The number of nitrogens with one attached hydrogen (secondary N) is 1. The second kappa shape index (κ2) is 6.35. The second-order valence-electron chi connectivity index (χ2n) is 6.06. The molecular formula is C13H28N2O2S. The third-order valence-corrected chi connectivity index (χ3v) is 6.36. The highest BCUT2D eigenvalue weighted by Crippen LogP contribution is 2.17. The second-order valence-corrected chi connectivity index (χ2v) is 8.92. The van der Waals surface area contributed by atoms with E-state index in [1.807, 2.05) is 0 Å². The predicted octanol–water partition coefficient (Wildman–Crippen LogP) is 1.27. The molecule has 1 saturated heterocycles. The first-order valence-electron chi connectivity index (χ1n) is 6.95. The first-order chi connectivity index (χ1) is 8.28. The molecule has 0 aromatic rings. The van der Waals surface area contributed by atoms with Gasteiger partial charge < -0.3 is 5.32 Å². The van der Waals surface area contributed by atoms with Crippen molar-refractivity contribution in [3.05, 3.63) is 0 Å². The topological polar surface area (TPSA) is 49.4 Å². The molecular weight excluding hydrogens is 248 g/mol. The van der Waals surface area contributed by atoms with E-state index < -0.39 is 14.6 Å². The van der Waals surface area contributed by atoms with E-state index in [1.165, 1.54) is 12.8 Å². The van der Waals surface area contributed by atoms with Crippen molar-refractivity contribution in [1.29, 1.82) is 0 Å². The Labute approximate surface area is 112 Å². The molecule has 0 amide bonds. The van der Waals surface area contributed by atoms with Crippen molar-refractivity contribution in [2.75, 3.05) is 31.9 Å². The molecule has 1 heterocycles. The Hall–Kier alpha value is -0.130. The highest BCUT2D eigenvalue weighted by Gasteiger charge is 2.30. The van der Waals surface area contributed by atoms with Crippen molar-refractivity contribution in [1.82, 2.24) is 10.2 Å². The van der Waals surface area contributed by atoms with Gasteiger partial charge in [-0.1, -0.05) is 6.92 Å². The maximum atomic E-state index is 12.1. The van der Waals surface area contributed by atoms with Crippen LogP contribution in [0.15, 0.2) is 0 Å². The average molecular weight is 276 g/mol. The van der Waals surface area contributed by atoms with E-state index in [9.17, 15) is 8.42 Å². The van der Waals surface area contributed by atoms with E-state index in [0.29, 0.717) is 12.6 Å². The van der Waals surface area contributed by atoms with Gasteiger partial charge in [0.2, 0.25) is 0 Å². The highest BCUT2D eigenvalue weighted by atomic mass is 32.2. The van der Waals surface area contributed by atoms with E-state index in [1.54, 1.807) is 20.8 Å². The van der Waals surface area contributed by atoms with Crippen LogP contribution < -0.4 is 5.32 Å². The number of piperidine rings is 1. The van der Waals surface area contributed by atoms with Gasteiger partial charge in [-0.2, -0.15) is 0 Å². The Kier molecular flexibility index (Phi) is 5.62. The molecule has 0 bridgehead atoms. The number of rotatable bonds is 5. The molecule has 1 atom stereocenters. The van der Waals surface area contributed by atoms with Crippen LogP contribution in [-0.4, -0.2) is 56.0 Å². The molecule has 108 valence electrons. The van der Waals surface area contributed by atoms with Gasteiger partial charge in [0.05, 0.1) is 10.5 Å². The van der Waals surface area contributed by atoms with Crippen LogP contribution in [0.1, 0.15) is 40.5 Å². The molecule has 1 aliphatic rings. The van der Waals surface area contributed by atoms with Crippen molar-refractivity contribution < 1.29 is 8.42 Å². The number of sulfone groups is 1. The molecule has 5 heteroatoms. The normalized spacial score (nSPS) is 22.4. The van der Waals surface area contributed by atoms with Crippen molar-refractivity contribution >= 4 is 9.84 Å². The number of hydrogen-bond donors (Lipinski definition) is 1. The third kappa shape index (κ3) is 4.21. The summed E-state index contributed by atoms with van der Waals surface area (Å²) in [6.45, 7) is 11.1. The zero-order valence-electron chi connectivity index (χ0n) is 12.2. The van der Waals surface area contributed by atoms with Gasteiger partial charge in [-0.25, -0.2) is 8.42 Å². The Morgan fingerprint density at radius 3 is 2.44 bits per heavy atom. The Morgan fingerprint density at radius 1 is 1.33 bits per heavy atom. The SMILES string of the molecule is CCN(CCS(=O)(=O)C(C)(C)C)C1CCCNC1. The zero-order chi connectivity index (χ0) is 13.8. The Morgan fingerprint density at radius 2 is 2.00 bits per heavy atom. The lowest BCUT2D eigenvalue weighted by Gasteiger charge is -2.34. The summed E-state index contributed by atoms with van der Waals surface area (Å²) in [5.74, 6) is 0.265. The van der Waals surface area contributed by atoms with Crippen molar-refractivity contribution in [2.45, 2.75) is 51.3 Å². The van der Waals surface area contributed by atoms with Gasteiger partial charge in [-0.05, 0) is 46.7 Å². The summed E-state index contributed by atoms with van der Waals surface area (Å²) in [5.41, 5.74) is 0. The molecule has 0 saturated carbocycles. The minimum atomic E-state index is -3.00. The molecule has 1 unspecified atom stereocenters. The first kappa shape index (κ1) is 15.9. The molecule has 1 rings (SSSR count). The lowest BCUT2D eigenvalue weighted by Crippen LogP contribution is -2.48. The first-order valence-corrected chi connectivity index (χ1v) is 8.60. The Balaban J connectivity index is 2.54. The molecule has 18 heavy (non-hydrogen) atoms. The fourth-order valence-corrected chi connectivity index (χ4v) is 3.37. The largest absolute Gasteiger partial charge is 0.315 e. The van der Waals surface area contributed by atoms with E-state index >= 15 is 0 Å². The highest BCUT2D eigenvalue weighted by molar-refractivity contribution is 7.92. The maximum absolute atomic E-state index is 12.1. The van der Waals surface area contributed by atoms with Gasteiger partial charge in [0.1, 0.15) is 0 Å². The monoisotopic (exact) mass is 276 g/mol. The van der Waals surface area contributed by atoms with E-state index in [2.05, 4.69) is 17.1 Å². The summed E-state index contributed by atoms with van der Waals surface area (Å²) in [6, 6.07) is 0.499. The summed E-state index contributed by atoms with van der Waals surface area (Å²) < 4.78 is 23.6. The minimum Gasteiger partial charge on any atom is -0.315 e. The van der Waals surface area contributed by atoms with Crippen LogP contribution in [0.5, 0.6) is 0 Å². The van der Waals surface area contributed by atoms with E-state index in [-0.39, 0.29) is 5.75 Å². The molecule has 0 aliphatic carbocycles. The van der Waals surface area contributed by atoms with Crippen molar-refractivity contribution in [2.24, 2.45) is 0 Å². The summed E-state index contributed by atoms with van der Waals surface area (Å²) in [4.78, 5) is 2.30. The number of nitrogens with zero attached hydrogens (tertiary/aromatic N) is 1. The van der Waals surface area contributed by atoms with E-state index in [4.69, 9.17) is 0 Å². The van der Waals surface area contributed by atoms with Crippen LogP contribution in [0.25, 0.3) is 0 Å². The molecule has 0 aromatic heterocycles. The van der Waals surface area contributed by atoms with Crippen LogP contribution in [0.3, 0.4) is 0 Å². The summed E-state index contributed by atoms with van der Waals surface area (Å²) >= 11 is 0. The van der Waals surface area contributed by atoms with Crippen LogP contribution in [0.2, 0.25) is 0 Å². The van der Waals surface area contributed by atoms with Crippen LogP contribution in [-0.2, 0) is 9.84 Å². The summed E-state index contributed by atoms with van der Waals surface area (Å²) in [6.07, 6.45) is 2.36. The van der Waals surface area contributed by atoms with Crippen LogP contribution in [0.4, 0.5) is 0 Å². The van der Waals surface area contributed by atoms with Crippen LogP contribution >= 0.6 is 0 Å². The fraction of sp³-hybridized carbons (Fsp3) is 1.00. The van der Waals surface area contributed by atoms with Crippen molar-refractivity contribution in [3.63, 3.8) is 0 Å². The molecule has 1 aliphatic heterocycles. The lowest BCUT2D eigenvalue weighted by molar-refractivity contribution is 0.183. The van der Waals surface area contributed by atoms with Crippen LogP contribution in [0, 0.1) is 0 Å². The minimum absolute atomic E-state index is 0.265. The molecule has 1 fully saturated rings. The van der Waals surface area contributed by atoms with Gasteiger partial charge in [-0.15, -0.1) is 0 Å². The fourth-order valence-electron chi connectivity index (χ4n) is 2.29. The lowest BCUT2D eigenvalue weighted by atomic mass is 10.1. The molecule has 0 aromatic carbocycles. The third-order valence-electron chi connectivity index (χ3n) is 3.77. The van der Waals surface area contributed by atoms with Crippen molar-refractivity contribution in [3.8, 4) is 0 Å². The number of likely N-dealkylation sites (N-methyl/N-ethyl adjacent to an activating group) is 1. The molecule has 4 nitrogen and oxygen atoms in total. The summed E-state index contributed by atoms with van der Waals surface area (Å²) in [5, 5.41) is 3.39. The summed E-state index contributed by atoms with van der Waals surface area (Å²) in [7, 11) is -3.00.